The number of rotatable bonds is 3. The average Bonchev–Trinajstić information content (AvgIpc) is 2.45. The molecule has 0 saturated heterocycles. The zero-order valence-corrected chi connectivity index (χ0v) is 9.27. The first-order chi connectivity index (χ1) is 6.06. The van der Waals surface area contributed by atoms with Crippen molar-refractivity contribution < 1.29 is 0 Å². The molecule has 1 heteroatoms. The van der Waals surface area contributed by atoms with Crippen LogP contribution in [0.1, 0.15) is 52.9 Å². The first-order valence-electron chi connectivity index (χ1n) is 5.48. The quantitative estimate of drug-likeness (QED) is 0.664. The third-order valence-electron chi connectivity index (χ3n) is 3.24. The monoisotopic (exact) mass is 181 g/mol. The molecule has 0 aromatic rings. The Hall–Kier alpha value is -0.300. The van der Waals surface area contributed by atoms with E-state index >= 15 is 0 Å². The molecule has 0 aromatic heterocycles. The maximum absolute atomic E-state index is 6.33. The molecule has 0 radical (unpaired) electrons. The third kappa shape index (κ3) is 3.15. The van der Waals surface area contributed by atoms with Crippen molar-refractivity contribution >= 4 is 0 Å². The van der Waals surface area contributed by atoms with Crippen LogP contribution < -0.4 is 5.73 Å². The molecule has 1 aliphatic rings. The van der Waals surface area contributed by atoms with Crippen molar-refractivity contribution in [1.82, 2.24) is 0 Å². The molecule has 1 saturated carbocycles. The lowest BCUT2D eigenvalue weighted by molar-refractivity contribution is 0.412. The largest absolute Gasteiger partial charge is 0.325 e. The van der Waals surface area contributed by atoms with Crippen molar-refractivity contribution in [3.8, 4) is 0 Å². The van der Waals surface area contributed by atoms with Gasteiger partial charge < -0.3 is 5.73 Å². The summed E-state index contributed by atoms with van der Waals surface area (Å²) >= 11 is 0. The molecule has 0 aliphatic heterocycles. The fourth-order valence-electron chi connectivity index (χ4n) is 2.21. The van der Waals surface area contributed by atoms with Gasteiger partial charge >= 0.3 is 0 Å². The van der Waals surface area contributed by atoms with Gasteiger partial charge in [0.15, 0.2) is 0 Å². The van der Waals surface area contributed by atoms with Crippen LogP contribution in [0.25, 0.3) is 0 Å². The molecule has 0 amide bonds. The van der Waals surface area contributed by atoms with Crippen LogP contribution >= 0.6 is 0 Å². The Bertz CT molecular complexity index is 191. The molecule has 2 unspecified atom stereocenters. The zero-order valence-electron chi connectivity index (χ0n) is 9.27. The SMILES string of the molecule is CCC1CCC(N)(CC=C(C)C)C1. The fraction of sp³-hybridized carbons (Fsp3) is 0.833. The molecule has 13 heavy (non-hydrogen) atoms. The van der Waals surface area contributed by atoms with Gasteiger partial charge in [0, 0.05) is 5.54 Å². The standard InChI is InChI=1S/C12H23N/c1-4-11-6-8-12(13,9-11)7-5-10(2)3/h5,11H,4,6-9,13H2,1-3H3. The molecule has 0 heterocycles. The molecular formula is C12H23N. The predicted molar refractivity (Wildman–Crippen MR) is 58.6 cm³/mol. The number of allylic oxidation sites excluding steroid dienone is 1. The second-order valence-corrected chi connectivity index (χ2v) is 4.87. The Morgan fingerprint density at radius 1 is 1.54 bits per heavy atom. The highest BCUT2D eigenvalue weighted by Gasteiger charge is 2.33. The molecule has 0 aromatic carbocycles. The summed E-state index contributed by atoms with van der Waals surface area (Å²) < 4.78 is 0. The molecule has 0 bridgehead atoms. The summed E-state index contributed by atoms with van der Waals surface area (Å²) in [6.45, 7) is 6.57. The normalized spacial score (nSPS) is 33.4. The molecular weight excluding hydrogens is 158 g/mol. The lowest BCUT2D eigenvalue weighted by Crippen LogP contribution is -2.36. The van der Waals surface area contributed by atoms with Crippen LogP contribution in [-0.2, 0) is 0 Å². The highest BCUT2D eigenvalue weighted by molar-refractivity contribution is 5.03. The van der Waals surface area contributed by atoms with Gasteiger partial charge in [-0.25, -0.2) is 0 Å². The van der Waals surface area contributed by atoms with E-state index in [0.717, 1.165) is 12.3 Å². The van der Waals surface area contributed by atoms with E-state index in [2.05, 4.69) is 26.8 Å². The topological polar surface area (TPSA) is 26.0 Å². The maximum atomic E-state index is 6.33. The fourth-order valence-corrected chi connectivity index (χ4v) is 2.21. The van der Waals surface area contributed by atoms with Crippen LogP contribution in [-0.4, -0.2) is 5.54 Å². The van der Waals surface area contributed by atoms with Crippen molar-refractivity contribution in [1.29, 1.82) is 0 Å². The minimum Gasteiger partial charge on any atom is -0.325 e. The van der Waals surface area contributed by atoms with Crippen LogP contribution in [0, 0.1) is 5.92 Å². The summed E-state index contributed by atoms with van der Waals surface area (Å²) in [5, 5.41) is 0. The molecule has 1 rings (SSSR count). The van der Waals surface area contributed by atoms with Crippen molar-refractivity contribution in [3.05, 3.63) is 11.6 Å². The molecule has 0 spiro atoms. The summed E-state index contributed by atoms with van der Waals surface area (Å²) in [5.74, 6) is 0.885. The molecule has 2 N–H and O–H groups in total. The highest BCUT2D eigenvalue weighted by atomic mass is 14.8. The number of hydrogen-bond acceptors (Lipinski definition) is 1. The van der Waals surface area contributed by atoms with Gasteiger partial charge in [-0.1, -0.05) is 25.0 Å². The van der Waals surface area contributed by atoms with Crippen LogP contribution in [0.3, 0.4) is 0 Å². The van der Waals surface area contributed by atoms with Crippen LogP contribution in [0.15, 0.2) is 11.6 Å². The zero-order chi connectivity index (χ0) is 9.90. The van der Waals surface area contributed by atoms with E-state index in [4.69, 9.17) is 5.73 Å². The van der Waals surface area contributed by atoms with Crippen LogP contribution in [0.4, 0.5) is 0 Å². The lowest BCUT2D eigenvalue weighted by Gasteiger charge is -2.22. The third-order valence-corrected chi connectivity index (χ3v) is 3.24. The van der Waals surface area contributed by atoms with E-state index < -0.39 is 0 Å². The van der Waals surface area contributed by atoms with E-state index in [-0.39, 0.29) is 5.54 Å². The van der Waals surface area contributed by atoms with Gasteiger partial charge in [0.05, 0.1) is 0 Å². The van der Waals surface area contributed by atoms with Gasteiger partial charge in [0.25, 0.3) is 0 Å². The second kappa shape index (κ2) is 4.28. The molecule has 2 atom stereocenters. The first kappa shape index (κ1) is 10.8. The molecule has 76 valence electrons. The van der Waals surface area contributed by atoms with E-state index in [1.807, 2.05) is 0 Å². The molecule has 1 aliphatic carbocycles. The Kier molecular flexibility index (Phi) is 3.55. The van der Waals surface area contributed by atoms with Gasteiger partial charge in [-0.3, -0.25) is 0 Å². The maximum Gasteiger partial charge on any atom is 0.0192 e. The van der Waals surface area contributed by atoms with E-state index in [1.54, 1.807) is 0 Å². The summed E-state index contributed by atoms with van der Waals surface area (Å²) in [4.78, 5) is 0. The van der Waals surface area contributed by atoms with E-state index in [0.29, 0.717) is 0 Å². The van der Waals surface area contributed by atoms with Gasteiger partial charge in [0.2, 0.25) is 0 Å². The Morgan fingerprint density at radius 3 is 2.69 bits per heavy atom. The van der Waals surface area contributed by atoms with Crippen molar-refractivity contribution in [2.75, 3.05) is 0 Å². The Labute approximate surface area is 82.4 Å². The average molecular weight is 181 g/mol. The Morgan fingerprint density at radius 2 is 2.23 bits per heavy atom. The minimum atomic E-state index is 0.123. The van der Waals surface area contributed by atoms with Crippen molar-refractivity contribution in [2.24, 2.45) is 11.7 Å². The van der Waals surface area contributed by atoms with E-state index in [1.165, 1.54) is 31.3 Å². The molecule has 1 nitrogen and oxygen atoms in total. The summed E-state index contributed by atoms with van der Waals surface area (Å²) in [6.07, 6.45) is 8.45. The van der Waals surface area contributed by atoms with Gasteiger partial charge in [-0.2, -0.15) is 0 Å². The first-order valence-corrected chi connectivity index (χ1v) is 5.48. The van der Waals surface area contributed by atoms with Crippen molar-refractivity contribution in [2.45, 2.75) is 58.4 Å². The smallest absolute Gasteiger partial charge is 0.0192 e. The van der Waals surface area contributed by atoms with Gasteiger partial charge in [-0.15, -0.1) is 0 Å². The summed E-state index contributed by atoms with van der Waals surface area (Å²) in [7, 11) is 0. The van der Waals surface area contributed by atoms with Crippen LogP contribution in [0.2, 0.25) is 0 Å². The second-order valence-electron chi connectivity index (χ2n) is 4.87. The van der Waals surface area contributed by atoms with Gasteiger partial charge in [0.1, 0.15) is 0 Å². The lowest BCUT2D eigenvalue weighted by atomic mass is 9.92. The number of nitrogens with two attached hydrogens (primary N) is 1. The molecule has 1 fully saturated rings. The minimum absolute atomic E-state index is 0.123. The predicted octanol–water partition coefficient (Wildman–Crippen LogP) is 3.25. The van der Waals surface area contributed by atoms with Crippen molar-refractivity contribution in [3.63, 3.8) is 0 Å². The number of hydrogen-bond donors (Lipinski definition) is 1. The van der Waals surface area contributed by atoms with E-state index in [9.17, 15) is 0 Å². The van der Waals surface area contributed by atoms with Gasteiger partial charge in [-0.05, 0) is 45.4 Å². The summed E-state index contributed by atoms with van der Waals surface area (Å²) in [6, 6.07) is 0. The Balaban J connectivity index is 2.45. The van der Waals surface area contributed by atoms with Crippen LogP contribution in [0.5, 0.6) is 0 Å². The highest BCUT2D eigenvalue weighted by Crippen LogP contribution is 2.36. The summed E-state index contributed by atoms with van der Waals surface area (Å²) in [5.41, 5.74) is 7.85.